The van der Waals surface area contributed by atoms with Gasteiger partial charge in [-0.3, -0.25) is 0 Å². The number of hydrogen-bond acceptors (Lipinski definition) is 3. The smallest absolute Gasteiger partial charge is 0.407 e. The van der Waals surface area contributed by atoms with Gasteiger partial charge in [-0.1, -0.05) is 17.7 Å². The van der Waals surface area contributed by atoms with Gasteiger partial charge < -0.3 is 14.8 Å². The maximum Gasteiger partial charge on any atom is 0.407 e. The van der Waals surface area contributed by atoms with Crippen LogP contribution in [0.4, 0.5) is 4.79 Å². The number of rotatable bonds is 2. The Bertz CT molecular complexity index is 394. The highest BCUT2D eigenvalue weighted by molar-refractivity contribution is 6.31. The van der Waals surface area contributed by atoms with Crippen molar-refractivity contribution in [2.24, 2.45) is 0 Å². The van der Waals surface area contributed by atoms with E-state index in [9.17, 15) is 4.79 Å². The molecule has 15 heavy (non-hydrogen) atoms. The number of halogens is 1. The Balaban J connectivity index is 2.37. The van der Waals surface area contributed by atoms with Gasteiger partial charge in [-0.25, -0.2) is 4.79 Å². The zero-order valence-electron chi connectivity index (χ0n) is 8.12. The predicted octanol–water partition coefficient (Wildman–Crippen LogP) is 2.13. The molecule has 1 aliphatic rings. The molecule has 1 aromatic carbocycles. The number of hydrogen-bond donors (Lipinski definition) is 1. The van der Waals surface area contributed by atoms with Gasteiger partial charge in [-0.15, -0.1) is 0 Å². The summed E-state index contributed by atoms with van der Waals surface area (Å²) in [5.41, 5.74) is 0.757. The zero-order chi connectivity index (χ0) is 10.8. The number of ether oxygens (including phenoxy) is 2. The van der Waals surface area contributed by atoms with Crippen LogP contribution in [0.1, 0.15) is 11.6 Å². The highest BCUT2D eigenvalue weighted by Crippen LogP contribution is 2.33. The Morgan fingerprint density at radius 3 is 3.00 bits per heavy atom. The first kappa shape index (κ1) is 10.1. The van der Waals surface area contributed by atoms with Gasteiger partial charge in [0.1, 0.15) is 12.4 Å². The van der Waals surface area contributed by atoms with E-state index in [1.165, 1.54) is 0 Å². The molecule has 0 radical (unpaired) electrons. The summed E-state index contributed by atoms with van der Waals surface area (Å²) in [6.45, 7) is 0.277. The van der Waals surface area contributed by atoms with Gasteiger partial charge >= 0.3 is 6.09 Å². The van der Waals surface area contributed by atoms with Crippen molar-refractivity contribution < 1.29 is 14.3 Å². The Labute approximate surface area is 92.1 Å². The molecule has 0 aromatic heterocycles. The predicted molar refractivity (Wildman–Crippen MR) is 55.2 cm³/mol. The van der Waals surface area contributed by atoms with Crippen molar-refractivity contribution in [2.45, 2.75) is 6.04 Å². The van der Waals surface area contributed by atoms with Crippen molar-refractivity contribution in [3.05, 3.63) is 28.8 Å². The standard InChI is InChI=1S/C10H10ClNO3/c1-14-8-4-2-3-6(11)9(8)7-5-15-10(13)12-7/h2-4,7H,5H2,1H3,(H,12,13). The lowest BCUT2D eigenvalue weighted by atomic mass is 10.1. The van der Waals surface area contributed by atoms with E-state index in [1.54, 1.807) is 25.3 Å². The zero-order valence-corrected chi connectivity index (χ0v) is 8.88. The van der Waals surface area contributed by atoms with E-state index in [4.69, 9.17) is 21.1 Å². The first-order chi connectivity index (χ1) is 7.22. The lowest BCUT2D eigenvalue weighted by Gasteiger charge is -2.14. The maximum absolute atomic E-state index is 10.9. The molecular weight excluding hydrogens is 218 g/mol. The SMILES string of the molecule is COc1cccc(Cl)c1C1COC(=O)N1. The van der Waals surface area contributed by atoms with Crippen molar-refractivity contribution in [3.63, 3.8) is 0 Å². The summed E-state index contributed by atoms with van der Waals surface area (Å²) in [7, 11) is 1.56. The third-order valence-corrected chi connectivity index (χ3v) is 2.58. The van der Waals surface area contributed by atoms with Crippen molar-refractivity contribution in [1.82, 2.24) is 5.32 Å². The topological polar surface area (TPSA) is 47.6 Å². The number of carbonyl (C=O) groups excluding carboxylic acids is 1. The first-order valence-corrected chi connectivity index (χ1v) is 4.86. The quantitative estimate of drug-likeness (QED) is 0.842. The van der Waals surface area contributed by atoms with Crippen LogP contribution < -0.4 is 10.1 Å². The number of benzene rings is 1. The normalized spacial score (nSPS) is 19.6. The van der Waals surface area contributed by atoms with E-state index in [0.29, 0.717) is 10.8 Å². The molecule has 1 heterocycles. The largest absolute Gasteiger partial charge is 0.496 e. The molecule has 1 aromatic rings. The summed E-state index contributed by atoms with van der Waals surface area (Å²) in [5, 5.41) is 3.22. The summed E-state index contributed by atoms with van der Waals surface area (Å²) in [6.07, 6.45) is -0.429. The fraction of sp³-hybridized carbons (Fsp3) is 0.300. The molecule has 1 fully saturated rings. The van der Waals surface area contributed by atoms with Gasteiger partial charge in [0.15, 0.2) is 0 Å². The molecular formula is C10H10ClNO3. The fourth-order valence-corrected chi connectivity index (χ4v) is 1.87. The van der Waals surface area contributed by atoms with Crippen LogP contribution in [-0.2, 0) is 4.74 Å². The van der Waals surface area contributed by atoms with Gasteiger partial charge in [0, 0.05) is 10.6 Å². The number of methoxy groups -OCH3 is 1. The lowest BCUT2D eigenvalue weighted by Crippen LogP contribution is -2.19. The van der Waals surface area contributed by atoms with Crippen LogP contribution in [0.5, 0.6) is 5.75 Å². The van der Waals surface area contributed by atoms with Gasteiger partial charge in [0.05, 0.1) is 13.2 Å². The van der Waals surface area contributed by atoms with Crippen LogP contribution in [-0.4, -0.2) is 19.8 Å². The number of carbonyl (C=O) groups is 1. The fourth-order valence-electron chi connectivity index (χ4n) is 1.57. The summed E-state index contributed by atoms with van der Waals surface area (Å²) < 4.78 is 9.99. The van der Waals surface area contributed by atoms with Crippen LogP contribution in [0.15, 0.2) is 18.2 Å². The van der Waals surface area contributed by atoms with Crippen LogP contribution in [0.3, 0.4) is 0 Å². The average molecular weight is 228 g/mol. The maximum atomic E-state index is 10.9. The third-order valence-electron chi connectivity index (χ3n) is 2.25. The second-order valence-corrected chi connectivity index (χ2v) is 3.56. The van der Waals surface area contributed by atoms with E-state index in [0.717, 1.165) is 5.56 Å². The van der Waals surface area contributed by atoms with Gasteiger partial charge in [0.25, 0.3) is 0 Å². The molecule has 1 aliphatic heterocycles. The molecule has 1 atom stereocenters. The van der Waals surface area contributed by atoms with Crippen molar-refractivity contribution in [2.75, 3.05) is 13.7 Å². The van der Waals surface area contributed by atoms with Gasteiger partial charge in [0.2, 0.25) is 0 Å². The van der Waals surface area contributed by atoms with Crippen molar-refractivity contribution in [3.8, 4) is 5.75 Å². The molecule has 0 bridgehead atoms. The van der Waals surface area contributed by atoms with Gasteiger partial charge in [-0.2, -0.15) is 0 Å². The van der Waals surface area contributed by atoms with E-state index in [-0.39, 0.29) is 12.6 Å². The molecule has 1 unspecified atom stereocenters. The molecule has 5 heteroatoms. The minimum Gasteiger partial charge on any atom is -0.496 e. The molecule has 1 amide bonds. The Morgan fingerprint density at radius 2 is 2.40 bits per heavy atom. The molecule has 2 rings (SSSR count). The summed E-state index contributed by atoms with van der Waals surface area (Å²) in [4.78, 5) is 10.9. The molecule has 0 spiro atoms. The Kier molecular flexibility index (Phi) is 2.68. The summed E-state index contributed by atoms with van der Waals surface area (Å²) in [6, 6.07) is 5.11. The molecule has 80 valence electrons. The Hall–Kier alpha value is -1.42. The lowest BCUT2D eigenvalue weighted by molar-refractivity contribution is 0.177. The second-order valence-electron chi connectivity index (χ2n) is 3.15. The molecule has 4 nitrogen and oxygen atoms in total. The third kappa shape index (κ3) is 1.85. The number of alkyl carbamates (subject to hydrolysis) is 1. The second kappa shape index (κ2) is 3.98. The van der Waals surface area contributed by atoms with Crippen LogP contribution >= 0.6 is 11.6 Å². The minimum atomic E-state index is -0.429. The summed E-state index contributed by atoms with van der Waals surface area (Å²) in [5.74, 6) is 0.651. The van der Waals surface area contributed by atoms with Crippen molar-refractivity contribution >= 4 is 17.7 Å². The van der Waals surface area contributed by atoms with Gasteiger partial charge in [-0.05, 0) is 12.1 Å². The van der Waals surface area contributed by atoms with E-state index >= 15 is 0 Å². The van der Waals surface area contributed by atoms with Crippen LogP contribution in [0.25, 0.3) is 0 Å². The highest BCUT2D eigenvalue weighted by Gasteiger charge is 2.28. The van der Waals surface area contributed by atoms with Crippen LogP contribution in [0, 0.1) is 0 Å². The molecule has 0 aliphatic carbocycles. The number of cyclic esters (lactones) is 1. The Morgan fingerprint density at radius 1 is 1.60 bits per heavy atom. The first-order valence-electron chi connectivity index (χ1n) is 4.48. The highest BCUT2D eigenvalue weighted by atomic mass is 35.5. The monoisotopic (exact) mass is 227 g/mol. The van der Waals surface area contributed by atoms with Crippen LogP contribution in [0.2, 0.25) is 5.02 Å². The van der Waals surface area contributed by atoms with E-state index < -0.39 is 6.09 Å². The summed E-state index contributed by atoms with van der Waals surface area (Å²) >= 11 is 6.05. The van der Waals surface area contributed by atoms with E-state index in [2.05, 4.69) is 5.32 Å². The molecule has 1 N–H and O–H groups in total. The molecule has 0 saturated carbocycles. The van der Waals surface area contributed by atoms with E-state index in [1.807, 2.05) is 0 Å². The minimum absolute atomic E-state index is 0.235. The molecule has 1 saturated heterocycles. The number of nitrogens with one attached hydrogen (secondary N) is 1. The average Bonchev–Trinajstić information content (AvgIpc) is 2.64. The van der Waals surface area contributed by atoms with Crippen molar-refractivity contribution in [1.29, 1.82) is 0 Å². The number of amides is 1.